The molecule has 0 spiro atoms. The van der Waals surface area contributed by atoms with Gasteiger partial charge in [0.2, 0.25) is 5.88 Å². The van der Waals surface area contributed by atoms with Crippen LogP contribution in [0.15, 0.2) is 18.5 Å². The van der Waals surface area contributed by atoms with Crippen LogP contribution in [0.1, 0.15) is 21.6 Å². The van der Waals surface area contributed by atoms with Gasteiger partial charge in [0.1, 0.15) is 0 Å². The summed E-state index contributed by atoms with van der Waals surface area (Å²) >= 11 is 0. The first-order valence-corrected chi connectivity index (χ1v) is 6.21. The van der Waals surface area contributed by atoms with E-state index in [1.807, 2.05) is 6.92 Å². The minimum Gasteiger partial charge on any atom is -0.504 e. The zero-order chi connectivity index (χ0) is 15.0. The Labute approximate surface area is 120 Å². The van der Waals surface area contributed by atoms with E-state index >= 15 is 0 Å². The second-order valence-electron chi connectivity index (χ2n) is 4.63. The van der Waals surface area contributed by atoms with Crippen molar-refractivity contribution in [3.63, 3.8) is 0 Å². The predicted molar refractivity (Wildman–Crippen MR) is 73.5 cm³/mol. The van der Waals surface area contributed by atoms with Gasteiger partial charge in [-0.25, -0.2) is 14.8 Å². The number of ether oxygens (including phenoxy) is 1. The summed E-state index contributed by atoms with van der Waals surface area (Å²) in [7, 11) is 0.474. The Hall–Kier alpha value is -2.61. The molecule has 21 heavy (non-hydrogen) atoms. The molecular formula is C13H11BN2O5. The number of phenolic OH excluding ortho intramolecular Hbond substituents is 1. The molecule has 0 atom stereocenters. The number of aromatic hydroxyl groups is 1. The second-order valence-corrected chi connectivity index (χ2v) is 4.63. The maximum atomic E-state index is 10.7. The number of carbonyl (C=O) groups is 1. The first-order valence-electron chi connectivity index (χ1n) is 6.21. The summed E-state index contributed by atoms with van der Waals surface area (Å²) < 4.78 is 10.9. The number of nitrogens with zero attached hydrogens (tertiary/aromatic N) is 2. The molecule has 1 aromatic carbocycles. The van der Waals surface area contributed by atoms with Crippen molar-refractivity contribution in [2.24, 2.45) is 0 Å². The molecule has 0 saturated heterocycles. The van der Waals surface area contributed by atoms with E-state index in [-0.39, 0.29) is 23.1 Å². The smallest absolute Gasteiger partial charge is 0.356 e. The summed E-state index contributed by atoms with van der Waals surface area (Å²) in [6, 6.07) is 1.60. The molecule has 2 N–H and O–H groups in total. The molecule has 0 fully saturated rings. The van der Waals surface area contributed by atoms with Gasteiger partial charge in [0.15, 0.2) is 17.2 Å². The van der Waals surface area contributed by atoms with Gasteiger partial charge in [-0.05, 0) is 29.6 Å². The van der Waals surface area contributed by atoms with Gasteiger partial charge in [-0.3, -0.25) is 0 Å². The van der Waals surface area contributed by atoms with E-state index in [9.17, 15) is 9.90 Å². The number of hydrogen-bond donors (Lipinski definition) is 2. The second kappa shape index (κ2) is 5.06. The van der Waals surface area contributed by atoms with Crippen LogP contribution in [0.25, 0.3) is 0 Å². The third kappa shape index (κ3) is 2.41. The summed E-state index contributed by atoms with van der Waals surface area (Å²) in [6.45, 7) is 2.29. The molecule has 0 aliphatic carbocycles. The maximum Gasteiger partial charge on any atom is 0.356 e. The van der Waals surface area contributed by atoms with Crippen LogP contribution in [-0.2, 0) is 11.3 Å². The van der Waals surface area contributed by atoms with E-state index in [1.54, 1.807) is 6.07 Å². The highest BCUT2D eigenvalue weighted by Crippen LogP contribution is 2.34. The minimum absolute atomic E-state index is 0.0131. The fraction of sp³-hybridized carbons (Fsp3) is 0.154. The minimum atomic E-state index is -1.16. The van der Waals surface area contributed by atoms with Crippen molar-refractivity contribution in [1.29, 1.82) is 0 Å². The van der Waals surface area contributed by atoms with Gasteiger partial charge >= 0.3 is 13.5 Å². The normalized spacial score (nSPS) is 12.6. The van der Waals surface area contributed by atoms with Gasteiger partial charge in [-0.15, -0.1) is 0 Å². The quantitative estimate of drug-likeness (QED) is 0.791. The van der Waals surface area contributed by atoms with Gasteiger partial charge in [-0.2, -0.15) is 0 Å². The Morgan fingerprint density at radius 2 is 2.24 bits per heavy atom. The molecule has 0 unspecified atom stereocenters. The van der Waals surface area contributed by atoms with Gasteiger partial charge in [0.25, 0.3) is 0 Å². The summed E-state index contributed by atoms with van der Waals surface area (Å²) in [5, 5.41) is 18.8. The predicted octanol–water partition coefficient (Wildman–Crippen LogP) is 0.488. The Bertz CT molecular complexity index is 717. The van der Waals surface area contributed by atoms with Crippen LogP contribution in [0.3, 0.4) is 0 Å². The lowest BCUT2D eigenvalue weighted by Crippen LogP contribution is -2.16. The zero-order valence-corrected chi connectivity index (χ0v) is 11.2. The molecule has 8 heteroatoms. The Balaban J connectivity index is 1.93. The van der Waals surface area contributed by atoms with Crippen molar-refractivity contribution in [3.05, 3.63) is 35.3 Å². The van der Waals surface area contributed by atoms with E-state index in [0.29, 0.717) is 14.1 Å². The van der Waals surface area contributed by atoms with Gasteiger partial charge < -0.3 is 19.6 Å². The molecular weight excluding hydrogens is 275 g/mol. The monoisotopic (exact) mass is 286 g/mol. The van der Waals surface area contributed by atoms with Crippen LogP contribution in [0.5, 0.6) is 17.4 Å². The largest absolute Gasteiger partial charge is 0.504 e. The highest BCUT2D eigenvalue weighted by Gasteiger charge is 2.22. The maximum absolute atomic E-state index is 10.7. The van der Waals surface area contributed by atoms with Crippen molar-refractivity contribution in [2.75, 3.05) is 0 Å². The van der Waals surface area contributed by atoms with E-state index in [4.69, 9.17) is 14.5 Å². The summed E-state index contributed by atoms with van der Waals surface area (Å²) in [6.07, 6.45) is 2.30. The van der Waals surface area contributed by atoms with E-state index in [1.165, 1.54) is 6.20 Å². The van der Waals surface area contributed by atoms with Crippen LogP contribution >= 0.6 is 0 Å². The molecule has 0 bridgehead atoms. The highest BCUT2D eigenvalue weighted by molar-refractivity contribution is 6.49. The third-order valence-electron chi connectivity index (χ3n) is 3.28. The van der Waals surface area contributed by atoms with E-state index in [0.717, 1.165) is 22.8 Å². The van der Waals surface area contributed by atoms with Crippen LogP contribution in [0.2, 0.25) is 0 Å². The lowest BCUT2D eigenvalue weighted by molar-refractivity contribution is 0.0690. The molecule has 1 aromatic heterocycles. The van der Waals surface area contributed by atoms with E-state index < -0.39 is 5.97 Å². The average Bonchev–Trinajstić information content (AvgIpc) is 2.92. The zero-order valence-electron chi connectivity index (χ0n) is 11.2. The molecule has 1 aliphatic heterocycles. The summed E-state index contributed by atoms with van der Waals surface area (Å²) in [4.78, 5) is 18.3. The van der Waals surface area contributed by atoms with Crippen LogP contribution in [0, 0.1) is 6.92 Å². The number of hydrogen-bond acceptors (Lipinski definition) is 6. The lowest BCUT2D eigenvalue weighted by Gasteiger charge is -2.12. The number of benzene rings is 1. The number of phenols is 1. The van der Waals surface area contributed by atoms with Gasteiger partial charge in [-0.1, -0.05) is 0 Å². The third-order valence-corrected chi connectivity index (χ3v) is 3.28. The number of carboxylic acid groups (broad SMARTS) is 1. The van der Waals surface area contributed by atoms with Crippen molar-refractivity contribution < 1.29 is 24.4 Å². The molecule has 0 amide bonds. The number of carboxylic acids is 1. The number of rotatable bonds is 3. The number of fused-ring (bicyclic) bond motifs is 1. The van der Waals surface area contributed by atoms with Crippen molar-refractivity contribution in [2.45, 2.75) is 13.5 Å². The van der Waals surface area contributed by atoms with Crippen molar-refractivity contribution >= 4 is 18.9 Å². The topological polar surface area (TPSA) is 102 Å². The molecule has 7 nitrogen and oxygen atoms in total. The molecule has 0 radical (unpaired) electrons. The van der Waals surface area contributed by atoms with Gasteiger partial charge in [0.05, 0.1) is 19.0 Å². The summed E-state index contributed by atoms with van der Waals surface area (Å²) in [5.74, 6) is -0.794. The van der Waals surface area contributed by atoms with Crippen molar-refractivity contribution in [1.82, 2.24) is 9.97 Å². The van der Waals surface area contributed by atoms with Crippen LogP contribution < -0.4 is 10.2 Å². The molecule has 3 rings (SSSR count). The highest BCUT2D eigenvalue weighted by atomic mass is 16.5. The molecule has 0 saturated carbocycles. The van der Waals surface area contributed by atoms with E-state index in [2.05, 4.69) is 9.97 Å². The standard InChI is InChI=1S/C13H11BN2O5/c1-6-11-7(5-20-14-11)2-9(17)12(6)21-10-4-15-8(3-16-10)13(18)19/h2-4,14,17H,5H2,1H3,(H,18,19). The van der Waals surface area contributed by atoms with Crippen LogP contribution in [-0.4, -0.2) is 33.6 Å². The molecule has 1 aliphatic rings. The van der Waals surface area contributed by atoms with Crippen molar-refractivity contribution in [3.8, 4) is 17.4 Å². The fourth-order valence-electron chi connectivity index (χ4n) is 2.19. The Morgan fingerprint density at radius 1 is 1.43 bits per heavy atom. The lowest BCUT2D eigenvalue weighted by atomic mass is 9.83. The molecule has 2 heterocycles. The number of aromatic carboxylic acids is 1. The van der Waals surface area contributed by atoms with Crippen LogP contribution in [0.4, 0.5) is 0 Å². The average molecular weight is 286 g/mol. The van der Waals surface area contributed by atoms with Gasteiger partial charge in [0, 0.05) is 0 Å². The number of aromatic nitrogens is 2. The summed E-state index contributed by atoms with van der Waals surface area (Å²) in [5.41, 5.74) is 2.51. The fourth-order valence-corrected chi connectivity index (χ4v) is 2.19. The SMILES string of the molecule is Cc1c2c(cc(O)c1Oc1cnc(C(=O)O)cn1)COB2. The Kier molecular flexibility index (Phi) is 3.22. The Morgan fingerprint density at radius 3 is 2.90 bits per heavy atom. The first kappa shape index (κ1) is 13.4. The molecule has 106 valence electrons. The molecule has 2 aromatic rings. The first-order chi connectivity index (χ1) is 10.1.